The highest BCUT2D eigenvalue weighted by molar-refractivity contribution is 7.08. The van der Waals surface area contributed by atoms with Crippen LogP contribution in [-0.4, -0.2) is 25.2 Å². The van der Waals surface area contributed by atoms with Crippen molar-refractivity contribution in [3.05, 3.63) is 52.7 Å². The van der Waals surface area contributed by atoms with Gasteiger partial charge in [0.25, 0.3) is 5.91 Å². The van der Waals surface area contributed by atoms with Crippen LogP contribution in [0.2, 0.25) is 0 Å². The van der Waals surface area contributed by atoms with E-state index in [2.05, 4.69) is 0 Å². The van der Waals surface area contributed by atoms with E-state index in [4.69, 9.17) is 4.74 Å². The number of ether oxygens (including phenoxy) is 1. The minimum Gasteiger partial charge on any atom is -0.379 e. The molecule has 1 amide bonds. The van der Waals surface area contributed by atoms with E-state index in [1.807, 2.05) is 52.1 Å². The molecular formula is C15H15NO2S. The number of hydrogen-bond acceptors (Lipinski definition) is 3. The van der Waals surface area contributed by atoms with Crippen LogP contribution in [0.4, 0.5) is 5.69 Å². The molecule has 3 nitrogen and oxygen atoms in total. The number of carbonyl (C=O) groups is 1. The van der Waals surface area contributed by atoms with Gasteiger partial charge in [-0.15, -0.1) is 0 Å². The molecule has 1 aromatic heterocycles. The highest BCUT2D eigenvalue weighted by Crippen LogP contribution is 2.24. The first-order valence-electron chi connectivity index (χ1n) is 6.35. The predicted molar refractivity (Wildman–Crippen MR) is 76.8 cm³/mol. The molecule has 3 rings (SSSR count). The maximum atomic E-state index is 12.7. The van der Waals surface area contributed by atoms with Crippen LogP contribution in [-0.2, 0) is 4.74 Å². The minimum atomic E-state index is 0.0583. The van der Waals surface area contributed by atoms with Crippen molar-refractivity contribution in [1.82, 2.24) is 0 Å². The molecule has 0 unspecified atom stereocenters. The van der Waals surface area contributed by atoms with Gasteiger partial charge in [0.05, 0.1) is 18.2 Å². The zero-order valence-corrected chi connectivity index (χ0v) is 11.3. The van der Waals surface area contributed by atoms with Gasteiger partial charge in [-0.1, -0.05) is 18.2 Å². The summed E-state index contributed by atoms with van der Waals surface area (Å²) < 4.78 is 5.44. The molecule has 2 heterocycles. The number of thiophene rings is 1. The van der Waals surface area contributed by atoms with Gasteiger partial charge in [0.2, 0.25) is 0 Å². The molecule has 1 saturated heterocycles. The lowest BCUT2D eigenvalue weighted by Crippen LogP contribution is -2.40. The van der Waals surface area contributed by atoms with Gasteiger partial charge < -0.3 is 9.64 Å². The van der Waals surface area contributed by atoms with Crippen molar-refractivity contribution in [2.24, 2.45) is 0 Å². The SMILES string of the molecule is O=C(c1ccsc1)N(c1ccccc1)[C@H]1CCOC1. The third kappa shape index (κ3) is 2.55. The van der Waals surface area contributed by atoms with E-state index >= 15 is 0 Å². The van der Waals surface area contributed by atoms with Crippen molar-refractivity contribution >= 4 is 22.9 Å². The summed E-state index contributed by atoms with van der Waals surface area (Å²) in [6, 6.07) is 11.8. The van der Waals surface area contributed by atoms with Gasteiger partial charge in [0.1, 0.15) is 0 Å². The third-order valence-corrected chi connectivity index (χ3v) is 3.98. The monoisotopic (exact) mass is 273 g/mol. The lowest BCUT2D eigenvalue weighted by molar-refractivity contribution is 0.0972. The molecule has 0 bridgehead atoms. The first-order valence-corrected chi connectivity index (χ1v) is 7.29. The number of para-hydroxylation sites is 1. The number of nitrogens with zero attached hydrogens (tertiary/aromatic N) is 1. The van der Waals surface area contributed by atoms with E-state index in [9.17, 15) is 4.79 Å². The van der Waals surface area contributed by atoms with Crippen LogP contribution < -0.4 is 4.90 Å². The van der Waals surface area contributed by atoms with E-state index in [0.717, 1.165) is 24.3 Å². The fourth-order valence-electron chi connectivity index (χ4n) is 2.33. The van der Waals surface area contributed by atoms with Crippen molar-refractivity contribution in [2.75, 3.05) is 18.1 Å². The van der Waals surface area contributed by atoms with E-state index in [0.29, 0.717) is 6.61 Å². The summed E-state index contributed by atoms with van der Waals surface area (Å²) in [4.78, 5) is 14.5. The van der Waals surface area contributed by atoms with Gasteiger partial charge in [-0.25, -0.2) is 0 Å². The van der Waals surface area contributed by atoms with Crippen LogP contribution in [0.5, 0.6) is 0 Å². The zero-order chi connectivity index (χ0) is 13.1. The van der Waals surface area contributed by atoms with Gasteiger partial charge in [-0.2, -0.15) is 11.3 Å². The Morgan fingerprint density at radius 1 is 1.26 bits per heavy atom. The fraction of sp³-hybridized carbons (Fsp3) is 0.267. The van der Waals surface area contributed by atoms with Crippen molar-refractivity contribution in [1.29, 1.82) is 0 Å². The maximum Gasteiger partial charge on any atom is 0.259 e. The molecular weight excluding hydrogens is 258 g/mol. The van der Waals surface area contributed by atoms with Crippen molar-refractivity contribution in [3.63, 3.8) is 0 Å². The molecule has 0 N–H and O–H groups in total. The van der Waals surface area contributed by atoms with Gasteiger partial charge in [0.15, 0.2) is 0 Å². The average Bonchev–Trinajstić information content (AvgIpc) is 3.13. The molecule has 1 aromatic carbocycles. The third-order valence-electron chi connectivity index (χ3n) is 3.29. The molecule has 1 atom stereocenters. The van der Waals surface area contributed by atoms with Crippen LogP contribution in [0.25, 0.3) is 0 Å². The van der Waals surface area contributed by atoms with Crippen molar-refractivity contribution < 1.29 is 9.53 Å². The standard InChI is InChI=1S/C15H15NO2S/c17-15(12-7-9-19-11-12)16(14-6-8-18-10-14)13-4-2-1-3-5-13/h1-5,7,9,11,14H,6,8,10H2/t14-/m0/s1. The lowest BCUT2D eigenvalue weighted by Gasteiger charge is -2.27. The number of carbonyl (C=O) groups excluding carboxylic acids is 1. The highest BCUT2D eigenvalue weighted by Gasteiger charge is 2.29. The Balaban J connectivity index is 1.94. The zero-order valence-electron chi connectivity index (χ0n) is 10.5. The van der Waals surface area contributed by atoms with Crippen LogP contribution >= 0.6 is 11.3 Å². The molecule has 2 aromatic rings. The van der Waals surface area contributed by atoms with Gasteiger partial charge in [-0.3, -0.25) is 4.79 Å². The number of rotatable bonds is 3. The van der Waals surface area contributed by atoms with Crippen molar-refractivity contribution in [2.45, 2.75) is 12.5 Å². The van der Waals surface area contributed by atoms with Crippen molar-refractivity contribution in [3.8, 4) is 0 Å². The smallest absolute Gasteiger partial charge is 0.259 e. The predicted octanol–water partition coefficient (Wildman–Crippen LogP) is 3.18. The van der Waals surface area contributed by atoms with E-state index in [1.165, 1.54) is 0 Å². The van der Waals surface area contributed by atoms with Crippen LogP contribution in [0.15, 0.2) is 47.2 Å². The number of anilines is 1. The second kappa shape index (κ2) is 5.55. The molecule has 1 fully saturated rings. The van der Waals surface area contributed by atoms with Gasteiger partial charge in [-0.05, 0) is 30.0 Å². The highest BCUT2D eigenvalue weighted by atomic mass is 32.1. The summed E-state index contributed by atoms with van der Waals surface area (Å²) in [6.45, 7) is 1.34. The number of hydrogen-bond donors (Lipinski definition) is 0. The van der Waals surface area contributed by atoms with E-state index in [1.54, 1.807) is 11.3 Å². The molecule has 0 saturated carbocycles. The number of benzene rings is 1. The van der Waals surface area contributed by atoms with E-state index in [-0.39, 0.29) is 11.9 Å². The Hall–Kier alpha value is -1.65. The second-order valence-corrected chi connectivity index (χ2v) is 5.32. The topological polar surface area (TPSA) is 29.5 Å². The minimum absolute atomic E-state index is 0.0583. The first-order chi connectivity index (χ1) is 9.36. The maximum absolute atomic E-state index is 12.7. The van der Waals surface area contributed by atoms with Crippen LogP contribution in [0, 0.1) is 0 Å². The Morgan fingerprint density at radius 2 is 2.11 bits per heavy atom. The molecule has 98 valence electrons. The number of amides is 1. The normalized spacial score (nSPS) is 18.4. The molecule has 0 aliphatic carbocycles. The van der Waals surface area contributed by atoms with Gasteiger partial charge in [0, 0.05) is 17.7 Å². The molecule has 19 heavy (non-hydrogen) atoms. The molecule has 0 radical (unpaired) electrons. The summed E-state index contributed by atoms with van der Waals surface area (Å²) >= 11 is 1.54. The molecule has 0 spiro atoms. The van der Waals surface area contributed by atoms with E-state index < -0.39 is 0 Å². The Bertz CT molecular complexity index is 533. The summed E-state index contributed by atoms with van der Waals surface area (Å²) in [7, 11) is 0. The summed E-state index contributed by atoms with van der Waals surface area (Å²) in [5, 5.41) is 3.83. The lowest BCUT2D eigenvalue weighted by atomic mass is 10.1. The Labute approximate surface area is 116 Å². The Kier molecular flexibility index (Phi) is 3.62. The average molecular weight is 273 g/mol. The van der Waals surface area contributed by atoms with Crippen LogP contribution in [0.1, 0.15) is 16.8 Å². The fourth-order valence-corrected chi connectivity index (χ4v) is 2.96. The second-order valence-electron chi connectivity index (χ2n) is 4.54. The van der Waals surface area contributed by atoms with Crippen LogP contribution in [0.3, 0.4) is 0 Å². The Morgan fingerprint density at radius 3 is 2.74 bits per heavy atom. The largest absolute Gasteiger partial charge is 0.379 e. The quantitative estimate of drug-likeness (QED) is 0.859. The molecule has 1 aliphatic heterocycles. The molecule has 1 aliphatic rings. The summed E-state index contributed by atoms with van der Waals surface area (Å²) in [6.07, 6.45) is 0.894. The van der Waals surface area contributed by atoms with Gasteiger partial charge >= 0.3 is 0 Å². The summed E-state index contributed by atoms with van der Waals surface area (Å²) in [5.41, 5.74) is 1.69. The summed E-state index contributed by atoms with van der Waals surface area (Å²) in [5.74, 6) is 0.0583. The molecule has 4 heteroatoms. The first kappa shape index (κ1) is 12.4.